The second-order valence-corrected chi connectivity index (χ2v) is 6.99. The lowest BCUT2D eigenvalue weighted by Gasteiger charge is -2.23. The topological polar surface area (TPSA) is 82.8 Å². The molecular formula is C15H22N2O4S. The zero-order valence-corrected chi connectivity index (χ0v) is 13.7. The van der Waals surface area contributed by atoms with Crippen molar-refractivity contribution in [3.63, 3.8) is 0 Å². The summed E-state index contributed by atoms with van der Waals surface area (Å²) in [6.45, 7) is 5.32. The molecule has 1 aliphatic heterocycles. The van der Waals surface area contributed by atoms with Crippen molar-refractivity contribution < 1.29 is 15.0 Å². The van der Waals surface area contributed by atoms with Gasteiger partial charge in [0.1, 0.15) is 6.04 Å². The number of pyridine rings is 1. The molecule has 122 valence electrons. The Bertz CT molecular complexity index is 600. The monoisotopic (exact) mass is 326 g/mol. The molecule has 0 saturated carbocycles. The van der Waals surface area contributed by atoms with E-state index < -0.39 is 17.4 Å². The molecule has 22 heavy (non-hydrogen) atoms. The zero-order valence-electron chi connectivity index (χ0n) is 12.9. The molecule has 2 N–H and O–H groups in total. The average molecular weight is 326 g/mol. The highest BCUT2D eigenvalue weighted by atomic mass is 32.2. The van der Waals surface area contributed by atoms with Crippen LogP contribution in [0.25, 0.3) is 0 Å². The fourth-order valence-corrected chi connectivity index (χ4v) is 3.60. The fraction of sp³-hybridized carbons (Fsp3) is 0.600. The van der Waals surface area contributed by atoms with E-state index in [-0.39, 0.29) is 5.75 Å². The predicted octanol–water partition coefficient (Wildman–Crippen LogP) is 1.56. The van der Waals surface area contributed by atoms with Gasteiger partial charge in [0.25, 0.3) is 0 Å². The van der Waals surface area contributed by atoms with Gasteiger partial charge in [0.2, 0.25) is 5.43 Å². The number of aromatic nitrogens is 1. The van der Waals surface area contributed by atoms with Gasteiger partial charge in [-0.05, 0) is 12.3 Å². The summed E-state index contributed by atoms with van der Waals surface area (Å²) in [5.41, 5.74) is 0.326. The Morgan fingerprint density at radius 2 is 2.23 bits per heavy atom. The molecule has 1 fully saturated rings. The van der Waals surface area contributed by atoms with Crippen LogP contribution in [0.15, 0.2) is 17.1 Å². The van der Waals surface area contributed by atoms with Gasteiger partial charge in [0.15, 0.2) is 5.75 Å². The van der Waals surface area contributed by atoms with Gasteiger partial charge in [-0.3, -0.25) is 14.5 Å². The van der Waals surface area contributed by atoms with Crippen molar-refractivity contribution in [3.05, 3.63) is 28.2 Å². The van der Waals surface area contributed by atoms with Crippen LogP contribution >= 0.6 is 11.8 Å². The molecule has 1 aliphatic rings. The van der Waals surface area contributed by atoms with E-state index in [4.69, 9.17) is 0 Å². The van der Waals surface area contributed by atoms with E-state index in [1.807, 2.05) is 9.47 Å². The first-order chi connectivity index (χ1) is 10.4. The van der Waals surface area contributed by atoms with Crippen LogP contribution in [0, 0.1) is 5.92 Å². The van der Waals surface area contributed by atoms with Crippen molar-refractivity contribution in [1.29, 1.82) is 0 Å². The number of aliphatic carboxylic acids is 1. The van der Waals surface area contributed by atoms with E-state index in [0.29, 0.717) is 30.6 Å². The summed E-state index contributed by atoms with van der Waals surface area (Å²) in [6, 6.07) is 0.893. The number of aromatic hydroxyl groups is 1. The lowest BCUT2D eigenvalue weighted by atomic mass is 10.1. The Morgan fingerprint density at radius 1 is 1.50 bits per heavy atom. The summed E-state index contributed by atoms with van der Waals surface area (Å²) in [5, 5.41) is 18.9. The Balaban J connectivity index is 2.23. The normalized spacial score (nSPS) is 19.0. The quantitative estimate of drug-likeness (QED) is 0.825. The van der Waals surface area contributed by atoms with E-state index in [2.05, 4.69) is 13.8 Å². The molecular weight excluding hydrogens is 304 g/mol. The van der Waals surface area contributed by atoms with E-state index in [0.717, 1.165) is 12.1 Å². The van der Waals surface area contributed by atoms with Crippen LogP contribution in [-0.4, -0.2) is 43.3 Å². The van der Waals surface area contributed by atoms with Crippen molar-refractivity contribution in [2.24, 2.45) is 5.92 Å². The second kappa shape index (κ2) is 7.19. The molecule has 2 rings (SSSR count). The van der Waals surface area contributed by atoms with Gasteiger partial charge in [-0.25, -0.2) is 0 Å². The molecule has 2 heterocycles. The first-order valence-corrected chi connectivity index (χ1v) is 8.51. The van der Waals surface area contributed by atoms with Crippen molar-refractivity contribution in [3.8, 4) is 5.75 Å². The molecule has 0 aromatic carbocycles. The fourth-order valence-electron chi connectivity index (χ4n) is 2.41. The summed E-state index contributed by atoms with van der Waals surface area (Å²) in [7, 11) is 0. The van der Waals surface area contributed by atoms with Gasteiger partial charge < -0.3 is 14.8 Å². The number of carboxylic acid groups (broad SMARTS) is 1. The van der Waals surface area contributed by atoms with Gasteiger partial charge in [-0.2, -0.15) is 0 Å². The molecule has 1 aromatic rings. The number of carbonyl (C=O) groups is 1. The third-order valence-electron chi connectivity index (χ3n) is 3.77. The van der Waals surface area contributed by atoms with Crippen molar-refractivity contribution >= 4 is 17.7 Å². The third kappa shape index (κ3) is 4.04. The van der Waals surface area contributed by atoms with Crippen molar-refractivity contribution in [2.45, 2.75) is 39.4 Å². The first kappa shape index (κ1) is 16.9. The Labute approximate surface area is 133 Å². The third-order valence-corrected chi connectivity index (χ3v) is 4.83. The maximum Gasteiger partial charge on any atom is 0.321 e. The molecule has 1 saturated heterocycles. The van der Waals surface area contributed by atoms with Crippen molar-refractivity contribution in [1.82, 2.24) is 9.47 Å². The molecule has 1 unspecified atom stereocenters. The van der Waals surface area contributed by atoms with Crippen LogP contribution in [-0.2, 0) is 17.9 Å². The molecule has 7 heteroatoms. The number of aryl methyl sites for hydroxylation is 1. The second-order valence-electron chi connectivity index (χ2n) is 5.99. The molecule has 0 amide bonds. The largest absolute Gasteiger partial charge is 0.503 e. The van der Waals surface area contributed by atoms with Crippen LogP contribution in [0.2, 0.25) is 0 Å². The number of carboxylic acids is 1. The Morgan fingerprint density at radius 3 is 2.86 bits per heavy atom. The number of rotatable bonds is 6. The average Bonchev–Trinajstić information content (AvgIpc) is 2.89. The molecule has 0 spiro atoms. The molecule has 1 atom stereocenters. The predicted molar refractivity (Wildman–Crippen MR) is 86.1 cm³/mol. The Kier molecular flexibility index (Phi) is 5.52. The lowest BCUT2D eigenvalue weighted by molar-refractivity contribution is -0.141. The maximum absolute atomic E-state index is 11.7. The van der Waals surface area contributed by atoms with Gasteiger partial charge in [-0.1, -0.05) is 13.8 Å². The van der Waals surface area contributed by atoms with E-state index in [1.54, 1.807) is 11.8 Å². The highest BCUT2D eigenvalue weighted by Crippen LogP contribution is 2.23. The lowest BCUT2D eigenvalue weighted by Crippen LogP contribution is -2.38. The summed E-state index contributed by atoms with van der Waals surface area (Å²) in [6.07, 6.45) is 2.38. The standard InChI is InChI=1S/C15H22N2O4S/c1-10(2)3-4-16-7-14(19)13(18)5-11(16)6-17-9-22-8-12(17)15(20)21/h5,7,10,12,19H,3-4,6,8-9H2,1-2H3,(H,20,21). The molecule has 0 bridgehead atoms. The number of hydrogen-bond donors (Lipinski definition) is 2. The number of thioether (sulfide) groups is 1. The number of nitrogens with zero attached hydrogens (tertiary/aromatic N) is 2. The van der Waals surface area contributed by atoms with Crippen LogP contribution in [0.5, 0.6) is 5.75 Å². The SMILES string of the molecule is CC(C)CCn1cc(O)c(=O)cc1CN1CSCC1C(=O)O. The molecule has 0 radical (unpaired) electrons. The zero-order chi connectivity index (χ0) is 16.3. The molecule has 6 nitrogen and oxygen atoms in total. The van der Waals surface area contributed by atoms with Crippen molar-refractivity contribution in [2.75, 3.05) is 11.6 Å². The van der Waals surface area contributed by atoms with Gasteiger partial charge in [0, 0.05) is 36.5 Å². The summed E-state index contributed by atoms with van der Waals surface area (Å²) < 4.78 is 1.86. The number of hydrogen-bond acceptors (Lipinski definition) is 5. The smallest absolute Gasteiger partial charge is 0.321 e. The maximum atomic E-state index is 11.7. The van der Waals surface area contributed by atoms with E-state index in [9.17, 15) is 19.8 Å². The van der Waals surface area contributed by atoms with Gasteiger partial charge >= 0.3 is 5.97 Å². The van der Waals surface area contributed by atoms with E-state index in [1.165, 1.54) is 12.3 Å². The minimum atomic E-state index is -0.833. The first-order valence-electron chi connectivity index (χ1n) is 7.35. The van der Waals surface area contributed by atoms with Crippen LogP contribution in [0.1, 0.15) is 26.0 Å². The summed E-state index contributed by atoms with van der Waals surface area (Å²) >= 11 is 1.58. The molecule has 0 aliphatic carbocycles. The van der Waals surface area contributed by atoms with Gasteiger partial charge in [0.05, 0.1) is 6.20 Å². The highest BCUT2D eigenvalue weighted by Gasteiger charge is 2.31. The van der Waals surface area contributed by atoms with E-state index >= 15 is 0 Å². The summed E-state index contributed by atoms with van der Waals surface area (Å²) in [4.78, 5) is 24.8. The Hall–Kier alpha value is -1.47. The minimum absolute atomic E-state index is 0.266. The highest BCUT2D eigenvalue weighted by molar-refractivity contribution is 7.99. The van der Waals surface area contributed by atoms with Crippen LogP contribution in [0.4, 0.5) is 0 Å². The minimum Gasteiger partial charge on any atom is -0.503 e. The van der Waals surface area contributed by atoms with Crippen LogP contribution < -0.4 is 5.43 Å². The molecule has 1 aromatic heterocycles. The van der Waals surface area contributed by atoms with Gasteiger partial charge in [-0.15, -0.1) is 11.8 Å². The van der Waals surface area contributed by atoms with Crippen LogP contribution in [0.3, 0.4) is 0 Å². The summed E-state index contributed by atoms with van der Waals surface area (Å²) in [5.74, 6) is 0.598.